The van der Waals surface area contributed by atoms with Gasteiger partial charge in [0.15, 0.2) is 0 Å². The van der Waals surface area contributed by atoms with Gasteiger partial charge in [-0.05, 0) is 42.5 Å². The molecule has 1 N–H and O–H groups in total. The number of alkyl halides is 3. The highest BCUT2D eigenvalue weighted by Gasteiger charge is 2.33. The minimum Gasteiger partial charge on any atom is -0.324 e. The lowest BCUT2D eigenvalue weighted by molar-refractivity contribution is -0.137. The number of rotatable bonds is 6. The van der Waals surface area contributed by atoms with E-state index in [0.29, 0.717) is 32.8 Å². The Kier molecular flexibility index (Phi) is 6.75. The van der Waals surface area contributed by atoms with Crippen molar-refractivity contribution in [1.29, 1.82) is 0 Å². The van der Waals surface area contributed by atoms with Crippen LogP contribution in [0, 0.1) is 5.82 Å². The van der Waals surface area contributed by atoms with Crippen LogP contribution in [0.1, 0.15) is 5.56 Å². The SMILES string of the molecule is O=C(CN1CCN(Cn2ccc(-c3ccc(F)cc3)n2)CC1)Nc1ccccc1C(F)(F)F. The van der Waals surface area contributed by atoms with Crippen molar-refractivity contribution in [2.24, 2.45) is 0 Å². The summed E-state index contributed by atoms with van der Waals surface area (Å²) in [7, 11) is 0. The Bertz CT molecular complexity index is 1090. The van der Waals surface area contributed by atoms with Crippen LogP contribution in [0.2, 0.25) is 0 Å². The quantitative estimate of drug-likeness (QED) is 0.566. The average molecular weight is 461 g/mol. The van der Waals surface area contributed by atoms with Crippen LogP contribution in [0.15, 0.2) is 60.8 Å². The number of hydrogen-bond acceptors (Lipinski definition) is 4. The van der Waals surface area contributed by atoms with Gasteiger partial charge in [0.25, 0.3) is 0 Å². The van der Waals surface area contributed by atoms with Gasteiger partial charge < -0.3 is 5.32 Å². The summed E-state index contributed by atoms with van der Waals surface area (Å²) in [6.45, 7) is 3.20. The molecule has 1 aliphatic heterocycles. The molecule has 0 unspecified atom stereocenters. The van der Waals surface area contributed by atoms with E-state index in [1.807, 2.05) is 17.2 Å². The molecule has 1 saturated heterocycles. The van der Waals surface area contributed by atoms with Gasteiger partial charge in [-0.1, -0.05) is 12.1 Å². The molecule has 3 aromatic rings. The standard InChI is InChI=1S/C23H23F4N5O/c24-18-7-5-17(6-8-18)20-9-10-32(29-20)16-31-13-11-30(12-14-31)15-22(33)28-21-4-2-1-3-19(21)23(25,26)27/h1-10H,11-16H2,(H,28,33). The van der Waals surface area contributed by atoms with Gasteiger partial charge in [-0.3, -0.25) is 19.3 Å². The molecule has 6 nitrogen and oxygen atoms in total. The third-order valence-electron chi connectivity index (χ3n) is 5.46. The monoisotopic (exact) mass is 461 g/mol. The van der Waals surface area contributed by atoms with Gasteiger partial charge in [-0.25, -0.2) is 4.39 Å². The molecule has 174 valence electrons. The van der Waals surface area contributed by atoms with Crippen LogP contribution in [-0.4, -0.2) is 58.2 Å². The lowest BCUT2D eigenvalue weighted by Crippen LogP contribution is -2.48. The van der Waals surface area contributed by atoms with Crippen molar-refractivity contribution in [1.82, 2.24) is 19.6 Å². The number of piperazine rings is 1. The molecule has 0 spiro atoms. The predicted octanol–water partition coefficient (Wildman–Crippen LogP) is 3.92. The zero-order valence-electron chi connectivity index (χ0n) is 17.7. The van der Waals surface area contributed by atoms with Crippen molar-refractivity contribution in [3.63, 3.8) is 0 Å². The van der Waals surface area contributed by atoms with Crippen molar-refractivity contribution in [3.05, 3.63) is 72.2 Å². The minimum atomic E-state index is -4.53. The van der Waals surface area contributed by atoms with E-state index in [1.54, 1.807) is 16.8 Å². The van der Waals surface area contributed by atoms with Crippen molar-refractivity contribution in [3.8, 4) is 11.3 Å². The Morgan fingerprint density at radius 2 is 1.61 bits per heavy atom. The van der Waals surface area contributed by atoms with Crippen LogP contribution in [0.4, 0.5) is 23.2 Å². The van der Waals surface area contributed by atoms with Gasteiger partial charge in [0, 0.05) is 37.9 Å². The number of carbonyl (C=O) groups is 1. The first-order valence-electron chi connectivity index (χ1n) is 10.5. The highest BCUT2D eigenvalue weighted by molar-refractivity contribution is 5.93. The van der Waals surface area contributed by atoms with E-state index in [0.717, 1.165) is 17.3 Å². The fourth-order valence-electron chi connectivity index (χ4n) is 3.74. The summed E-state index contributed by atoms with van der Waals surface area (Å²) < 4.78 is 54.2. The molecule has 1 fully saturated rings. The van der Waals surface area contributed by atoms with Crippen molar-refractivity contribution in [2.75, 3.05) is 38.0 Å². The molecule has 1 amide bonds. The first-order chi connectivity index (χ1) is 15.8. The number of carbonyl (C=O) groups excluding carboxylic acids is 1. The van der Waals surface area contributed by atoms with E-state index in [1.165, 1.54) is 30.3 Å². The maximum Gasteiger partial charge on any atom is 0.418 e. The van der Waals surface area contributed by atoms with Gasteiger partial charge >= 0.3 is 6.18 Å². The van der Waals surface area contributed by atoms with Crippen LogP contribution in [0.3, 0.4) is 0 Å². The Balaban J connectivity index is 1.26. The van der Waals surface area contributed by atoms with Crippen LogP contribution >= 0.6 is 0 Å². The molecule has 0 aliphatic carbocycles. The highest BCUT2D eigenvalue weighted by Crippen LogP contribution is 2.34. The number of benzene rings is 2. The molecule has 10 heteroatoms. The number of nitrogens with zero attached hydrogens (tertiary/aromatic N) is 4. The number of anilines is 1. The summed E-state index contributed by atoms with van der Waals surface area (Å²) in [4.78, 5) is 16.4. The number of para-hydroxylation sites is 1. The van der Waals surface area contributed by atoms with Gasteiger partial charge in [0.1, 0.15) is 5.82 Å². The number of halogens is 4. The first-order valence-corrected chi connectivity index (χ1v) is 10.5. The Morgan fingerprint density at radius 3 is 2.30 bits per heavy atom. The summed E-state index contributed by atoms with van der Waals surface area (Å²) in [6.07, 6.45) is -2.67. The summed E-state index contributed by atoms with van der Waals surface area (Å²) >= 11 is 0. The number of hydrogen-bond donors (Lipinski definition) is 1. The summed E-state index contributed by atoms with van der Waals surface area (Å²) in [5.41, 5.74) is 0.495. The predicted molar refractivity (Wildman–Crippen MR) is 116 cm³/mol. The lowest BCUT2D eigenvalue weighted by Gasteiger charge is -2.34. The molecule has 33 heavy (non-hydrogen) atoms. The summed E-state index contributed by atoms with van der Waals surface area (Å²) in [5, 5.41) is 6.91. The molecule has 2 heterocycles. The van der Waals surface area contributed by atoms with E-state index in [4.69, 9.17) is 0 Å². The van der Waals surface area contributed by atoms with E-state index >= 15 is 0 Å². The van der Waals surface area contributed by atoms with E-state index in [9.17, 15) is 22.4 Å². The Labute approximate surface area is 188 Å². The van der Waals surface area contributed by atoms with Crippen molar-refractivity contribution < 1.29 is 22.4 Å². The molecule has 2 aromatic carbocycles. The maximum atomic E-state index is 13.1. The molecule has 1 aliphatic rings. The van der Waals surface area contributed by atoms with Gasteiger partial charge in [-0.2, -0.15) is 18.3 Å². The average Bonchev–Trinajstić information content (AvgIpc) is 3.24. The van der Waals surface area contributed by atoms with Crippen LogP contribution in [-0.2, 0) is 17.6 Å². The molecule has 0 radical (unpaired) electrons. The third-order valence-corrected chi connectivity index (χ3v) is 5.46. The minimum absolute atomic E-state index is 0.0243. The fourth-order valence-corrected chi connectivity index (χ4v) is 3.74. The van der Waals surface area contributed by atoms with E-state index in [-0.39, 0.29) is 18.0 Å². The number of amides is 1. The van der Waals surface area contributed by atoms with Gasteiger partial charge in [0.2, 0.25) is 5.91 Å². The summed E-state index contributed by atoms with van der Waals surface area (Å²) in [6, 6.07) is 13.0. The molecule has 0 atom stereocenters. The van der Waals surface area contributed by atoms with Gasteiger partial charge in [0.05, 0.1) is 30.2 Å². The Hall–Kier alpha value is -3.24. The normalized spacial score (nSPS) is 15.5. The van der Waals surface area contributed by atoms with Crippen LogP contribution < -0.4 is 5.32 Å². The molecule has 0 saturated carbocycles. The fraction of sp³-hybridized carbons (Fsp3) is 0.304. The van der Waals surface area contributed by atoms with E-state index < -0.39 is 17.6 Å². The van der Waals surface area contributed by atoms with Crippen LogP contribution in [0.25, 0.3) is 11.3 Å². The van der Waals surface area contributed by atoms with Crippen molar-refractivity contribution >= 4 is 11.6 Å². The van der Waals surface area contributed by atoms with Gasteiger partial charge in [-0.15, -0.1) is 0 Å². The second-order valence-corrected chi connectivity index (χ2v) is 7.87. The molecular formula is C23H23F4N5O. The van der Waals surface area contributed by atoms with Crippen LogP contribution in [0.5, 0.6) is 0 Å². The lowest BCUT2D eigenvalue weighted by atomic mass is 10.1. The largest absolute Gasteiger partial charge is 0.418 e. The molecule has 4 rings (SSSR count). The zero-order valence-corrected chi connectivity index (χ0v) is 17.7. The highest BCUT2D eigenvalue weighted by atomic mass is 19.4. The summed E-state index contributed by atoms with van der Waals surface area (Å²) in [5.74, 6) is -0.773. The second-order valence-electron chi connectivity index (χ2n) is 7.87. The van der Waals surface area contributed by atoms with Crippen molar-refractivity contribution in [2.45, 2.75) is 12.8 Å². The molecule has 1 aromatic heterocycles. The zero-order chi connectivity index (χ0) is 23.4. The third kappa shape index (κ3) is 5.96. The first kappa shape index (κ1) is 22.9. The Morgan fingerprint density at radius 1 is 0.939 bits per heavy atom. The van der Waals surface area contributed by atoms with E-state index in [2.05, 4.69) is 15.3 Å². The second kappa shape index (κ2) is 9.72. The topological polar surface area (TPSA) is 53.4 Å². The number of nitrogens with one attached hydrogen (secondary N) is 1. The number of aromatic nitrogens is 2. The smallest absolute Gasteiger partial charge is 0.324 e. The molecule has 0 bridgehead atoms. The molecular weight excluding hydrogens is 438 g/mol. The maximum absolute atomic E-state index is 13.1.